The molecule has 3 aromatic heterocycles. The lowest BCUT2D eigenvalue weighted by molar-refractivity contribution is -0.143. The second-order valence-corrected chi connectivity index (χ2v) is 9.58. The van der Waals surface area contributed by atoms with E-state index in [4.69, 9.17) is 9.84 Å². The van der Waals surface area contributed by atoms with Crippen LogP contribution in [-0.2, 0) is 28.9 Å². The van der Waals surface area contributed by atoms with Gasteiger partial charge in [-0.3, -0.25) is 14.7 Å². The van der Waals surface area contributed by atoms with Gasteiger partial charge < -0.3 is 4.74 Å². The van der Waals surface area contributed by atoms with Crippen LogP contribution < -0.4 is 0 Å². The SMILES string of the molecule is CCOC(=O)CCCCc1c(CN2CCCC2)nn2c(CC)ccc2c1-c1cncc(Br)c1. The molecule has 1 saturated heterocycles. The van der Waals surface area contributed by atoms with E-state index >= 15 is 0 Å². The minimum atomic E-state index is -0.112. The van der Waals surface area contributed by atoms with Crippen LogP contribution in [0.25, 0.3) is 16.6 Å². The maximum atomic E-state index is 11.8. The Balaban J connectivity index is 1.76. The predicted octanol–water partition coefficient (Wildman–Crippen LogP) is 5.59. The van der Waals surface area contributed by atoms with Gasteiger partial charge in [-0.15, -0.1) is 0 Å². The minimum Gasteiger partial charge on any atom is -0.466 e. The number of likely N-dealkylation sites (tertiary alicyclic amines) is 1. The summed E-state index contributed by atoms with van der Waals surface area (Å²) < 4.78 is 8.20. The molecular weight excluding hydrogens is 480 g/mol. The van der Waals surface area contributed by atoms with Crippen LogP contribution in [0, 0.1) is 0 Å². The normalized spacial score (nSPS) is 14.3. The van der Waals surface area contributed by atoms with Crippen molar-refractivity contribution in [1.29, 1.82) is 0 Å². The zero-order valence-corrected chi connectivity index (χ0v) is 21.2. The van der Waals surface area contributed by atoms with Crippen molar-refractivity contribution < 1.29 is 9.53 Å². The van der Waals surface area contributed by atoms with Gasteiger partial charge in [0, 0.05) is 46.7 Å². The molecular formula is C26H33BrN4O2. The number of unbranched alkanes of at least 4 members (excludes halogenated alkanes) is 1. The van der Waals surface area contributed by atoms with E-state index in [9.17, 15) is 4.79 Å². The summed E-state index contributed by atoms with van der Waals surface area (Å²) in [5, 5.41) is 5.17. The first-order chi connectivity index (χ1) is 16.1. The summed E-state index contributed by atoms with van der Waals surface area (Å²) in [5.41, 5.74) is 7.06. The number of carbonyl (C=O) groups is 1. The Morgan fingerprint density at radius 1 is 1.15 bits per heavy atom. The fraction of sp³-hybridized carbons (Fsp3) is 0.500. The van der Waals surface area contributed by atoms with Crippen molar-refractivity contribution in [3.05, 3.63) is 52.0 Å². The zero-order valence-electron chi connectivity index (χ0n) is 19.6. The third-order valence-electron chi connectivity index (χ3n) is 6.35. The van der Waals surface area contributed by atoms with Gasteiger partial charge in [-0.05, 0) is 98.2 Å². The zero-order chi connectivity index (χ0) is 23.2. The smallest absolute Gasteiger partial charge is 0.305 e. The van der Waals surface area contributed by atoms with Gasteiger partial charge in [0.1, 0.15) is 0 Å². The van der Waals surface area contributed by atoms with E-state index in [-0.39, 0.29) is 5.97 Å². The van der Waals surface area contributed by atoms with E-state index in [1.54, 1.807) is 0 Å². The lowest BCUT2D eigenvalue weighted by Gasteiger charge is -2.21. The molecule has 0 unspecified atom stereocenters. The number of pyridine rings is 1. The quantitative estimate of drug-likeness (QED) is 0.261. The summed E-state index contributed by atoms with van der Waals surface area (Å²) in [4.78, 5) is 18.8. The summed E-state index contributed by atoms with van der Waals surface area (Å²) in [6.07, 6.45) is 10.3. The Morgan fingerprint density at radius 2 is 1.97 bits per heavy atom. The van der Waals surface area contributed by atoms with Crippen LogP contribution in [0.4, 0.5) is 0 Å². The molecule has 0 bridgehead atoms. The Morgan fingerprint density at radius 3 is 2.70 bits per heavy atom. The summed E-state index contributed by atoms with van der Waals surface area (Å²) in [6, 6.07) is 6.51. The van der Waals surface area contributed by atoms with Crippen LogP contribution in [0.1, 0.15) is 62.9 Å². The van der Waals surface area contributed by atoms with Gasteiger partial charge in [0.25, 0.3) is 0 Å². The highest BCUT2D eigenvalue weighted by Crippen LogP contribution is 2.34. The van der Waals surface area contributed by atoms with Gasteiger partial charge in [0.2, 0.25) is 0 Å². The number of halogens is 1. The summed E-state index contributed by atoms with van der Waals surface area (Å²) >= 11 is 3.61. The molecule has 0 N–H and O–H groups in total. The number of fused-ring (bicyclic) bond motifs is 1. The molecule has 33 heavy (non-hydrogen) atoms. The lowest BCUT2D eigenvalue weighted by atomic mass is 9.95. The lowest BCUT2D eigenvalue weighted by Crippen LogP contribution is -2.22. The van der Waals surface area contributed by atoms with Crippen molar-refractivity contribution in [1.82, 2.24) is 19.5 Å². The number of nitrogens with zero attached hydrogens (tertiary/aromatic N) is 4. The van der Waals surface area contributed by atoms with E-state index in [2.05, 4.69) is 55.5 Å². The number of aromatic nitrogens is 3. The molecule has 7 heteroatoms. The van der Waals surface area contributed by atoms with Crippen LogP contribution in [0.2, 0.25) is 0 Å². The molecule has 0 saturated carbocycles. The maximum absolute atomic E-state index is 11.8. The predicted molar refractivity (Wildman–Crippen MR) is 134 cm³/mol. The van der Waals surface area contributed by atoms with Gasteiger partial charge in [-0.2, -0.15) is 5.10 Å². The first-order valence-electron chi connectivity index (χ1n) is 12.1. The Kier molecular flexibility index (Phi) is 8.15. The highest BCUT2D eigenvalue weighted by atomic mass is 79.9. The Hall–Kier alpha value is -2.25. The molecule has 4 rings (SSSR count). The summed E-state index contributed by atoms with van der Waals surface area (Å²) in [6.45, 7) is 7.58. The topological polar surface area (TPSA) is 59.7 Å². The van der Waals surface area contributed by atoms with Gasteiger partial charge in [-0.25, -0.2) is 4.52 Å². The van der Waals surface area contributed by atoms with E-state index in [0.29, 0.717) is 13.0 Å². The van der Waals surface area contributed by atoms with E-state index < -0.39 is 0 Å². The van der Waals surface area contributed by atoms with Crippen LogP contribution in [0.3, 0.4) is 0 Å². The van der Waals surface area contributed by atoms with Crippen LogP contribution in [0.5, 0.6) is 0 Å². The van der Waals surface area contributed by atoms with Crippen molar-refractivity contribution in [2.24, 2.45) is 0 Å². The van der Waals surface area contributed by atoms with E-state index in [1.165, 1.54) is 29.7 Å². The number of hydrogen-bond acceptors (Lipinski definition) is 5. The van der Waals surface area contributed by atoms with E-state index in [1.807, 2.05) is 19.3 Å². The highest BCUT2D eigenvalue weighted by molar-refractivity contribution is 9.10. The maximum Gasteiger partial charge on any atom is 0.305 e. The molecule has 0 amide bonds. The molecule has 6 nitrogen and oxygen atoms in total. The number of hydrogen-bond donors (Lipinski definition) is 0. The molecule has 0 aromatic carbocycles. The molecule has 1 aliphatic rings. The number of rotatable bonds is 10. The number of aryl methyl sites for hydroxylation is 1. The van der Waals surface area contributed by atoms with Crippen molar-refractivity contribution in [2.75, 3.05) is 19.7 Å². The average molecular weight is 513 g/mol. The molecule has 4 heterocycles. The third kappa shape index (κ3) is 5.64. The van der Waals surface area contributed by atoms with Crippen LogP contribution in [-0.4, -0.2) is 45.2 Å². The molecule has 0 aliphatic carbocycles. The van der Waals surface area contributed by atoms with Gasteiger partial charge in [0.15, 0.2) is 0 Å². The molecule has 176 valence electrons. The van der Waals surface area contributed by atoms with Crippen molar-refractivity contribution in [2.45, 2.75) is 65.3 Å². The molecule has 0 radical (unpaired) electrons. The molecule has 0 atom stereocenters. The van der Waals surface area contributed by atoms with E-state index in [0.717, 1.165) is 66.6 Å². The Labute approximate surface area is 204 Å². The summed E-state index contributed by atoms with van der Waals surface area (Å²) in [5.74, 6) is -0.112. The fourth-order valence-corrected chi connectivity index (χ4v) is 5.11. The molecule has 1 aliphatic heterocycles. The largest absolute Gasteiger partial charge is 0.466 e. The van der Waals surface area contributed by atoms with Gasteiger partial charge in [0.05, 0.1) is 17.8 Å². The van der Waals surface area contributed by atoms with Gasteiger partial charge in [-0.1, -0.05) is 6.92 Å². The van der Waals surface area contributed by atoms with Crippen molar-refractivity contribution in [3.63, 3.8) is 0 Å². The highest BCUT2D eigenvalue weighted by Gasteiger charge is 2.22. The van der Waals surface area contributed by atoms with Gasteiger partial charge >= 0.3 is 5.97 Å². The minimum absolute atomic E-state index is 0.112. The first kappa shape index (κ1) is 23.9. The number of ether oxygens (including phenoxy) is 1. The standard InChI is InChI=1S/C26H33BrN4O2/c1-3-21-11-12-24-26(19-15-20(27)17-28-16-19)22(9-5-6-10-25(32)33-4-2)23(29-31(21)24)18-30-13-7-8-14-30/h11-12,15-17H,3-10,13-14,18H2,1-2H3. The number of carbonyl (C=O) groups excluding carboxylic acids is 1. The molecule has 3 aromatic rings. The first-order valence-corrected chi connectivity index (χ1v) is 12.9. The number of esters is 1. The third-order valence-corrected chi connectivity index (χ3v) is 6.79. The van der Waals surface area contributed by atoms with Crippen LogP contribution in [0.15, 0.2) is 35.1 Å². The Bertz CT molecular complexity index is 1110. The monoisotopic (exact) mass is 512 g/mol. The van der Waals surface area contributed by atoms with Crippen molar-refractivity contribution >= 4 is 27.4 Å². The molecule has 1 fully saturated rings. The summed E-state index contributed by atoms with van der Waals surface area (Å²) in [7, 11) is 0. The molecule has 0 spiro atoms. The second kappa shape index (κ2) is 11.3. The van der Waals surface area contributed by atoms with Crippen LogP contribution >= 0.6 is 15.9 Å². The fourth-order valence-electron chi connectivity index (χ4n) is 4.75. The van der Waals surface area contributed by atoms with Crippen molar-refractivity contribution in [3.8, 4) is 11.1 Å². The second-order valence-electron chi connectivity index (χ2n) is 8.66. The average Bonchev–Trinajstić information content (AvgIpc) is 3.46.